The third-order valence-electron chi connectivity index (χ3n) is 5.06. The molecule has 4 rings (SSSR count). The lowest BCUT2D eigenvalue weighted by molar-refractivity contribution is -0.124. The van der Waals surface area contributed by atoms with E-state index < -0.39 is 29.7 Å². The number of benzene rings is 2. The maximum Gasteiger partial charge on any atom is 0.332 e. The second-order valence-corrected chi connectivity index (χ2v) is 8.17. The molecule has 2 heterocycles. The van der Waals surface area contributed by atoms with Crippen LogP contribution < -0.4 is 15.0 Å². The fourth-order valence-corrected chi connectivity index (χ4v) is 4.18. The van der Waals surface area contributed by atoms with Crippen molar-refractivity contribution in [1.82, 2.24) is 4.90 Å². The van der Waals surface area contributed by atoms with Gasteiger partial charge in [-0.25, -0.2) is 14.1 Å². The van der Waals surface area contributed by atoms with Crippen molar-refractivity contribution in [2.75, 3.05) is 17.3 Å². The molecule has 7 nitrogen and oxygen atoms in total. The lowest BCUT2D eigenvalue weighted by atomic mass is 10.1. The first kappa shape index (κ1) is 21.5. The zero-order chi connectivity index (χ0) is 22.7. The minimum Gasteiger partial charge on any atom is -0.497 e. The molecule has 1 fully saturated rings. The SMILES string of the molecule is COc1ccc(N2C(=O)[C@@H](CC(=O)Nc3ccc(F)cc3)N(Cc3cccs3)C2=O)cc1. The zero-order valence-electron chi connectivity index (χ0n) is 17.2. The number of halogens is 1. The van der Waals surface area contributed by atoms with Crippen LogP contribution in [0.15, 0.2) is 66.0 Å². The van der Waals surface area contributed by atoms with Crippen LogP contribution in [0.2, 0.25) is 0 Å². The van der Waals surface area contributed by atoms with Crippen molar-refractivity contribution in [3.8, 4) is 5.75 Å². The highest BCUT2D eigenvalue weighted by molar-refractivity contribution is 7.09. The third kappa shape index (κ3) is 4.47. The minimum absolute atomic E-state index is 0.212. The molecule has 9 heteroatoms. The van der Waals surface area contributed by atoms with Gasteiger partial charge in [-0.1, -0.05) is 6.07 Å². The number of methoxy groups -OCH3 is 1. The second kappa shape index (κ2) is 9.19. The van der Waals surface area contributed by atoms with Gasteiger partial charge in [0.25, 0.3) is 5.91 Å². The lowest BCUT2D eigenvalue weighted by Gasteiger charge is -2.21. The fourth-order valence-electron chi connectivity index (χ4n) is 3.47. The van der Waals surface area contributed by atoms with Gasteiger partial charge in [-0.2, -0.15) is 0 Å². The molecule has 0 bridgehead atoms. The molecule has 32 heavy (non-hydrogen) atoms. The van der Waals surface area contributed by atoms with Gasteiger partial charge in [0.1, 0.15) is 17.6 Å². The number of rotatable bonds is 7. The topological polar surface area (TPSA) is 79.0 Å². The van der Waals surface area contributed by atoms with Crippen LogP contribution in [0.5, 0.6) is 5.75 Å². The zero-order valence-corrected chi connectivity index (χ0v) is 18.0. The Morgan fingerprint density at radius 3 is 2.44 bits per heavy atom. The average molecular weight is 453 g/mol. The lowest BCUT2D eigenvalue weighted by Crippen LogP contribution is -2.37. The first-order valence-electron chi connectivity index (χ1n) is 9.82. The highest BCUT2D eigenvalue weighted by Gasteiger charge is 2.46. The molecule has 1 aliphatic heterocycles. The van der Waals surface area contributed by atoms with Crippen LogP contribution >= 0.6 is 11.3 Å². The summed E-state index contributed by atoms with van der Waals surface area (Å²) in [7, 11) is 1.53. The van der Waals surface area contributed by atoms with E-state index in [9.17, 15) is 18.8 Å². The molecule has 164 valence electrons. The molecule has 1 aromatic heterocycles. The summed E-state index contributed by atoms with van der Waals surface area (Å²) in [6.45, 7) is 0.212. The first-order chi connectivity index (χ1) is 15.5. The molecule has 1 N–H and O–H groups in total. The predicted molar refractivity (Wildman–Crippen MR) is 119 cm³/mol. The summed E-state index contributed by atoms with van der Waals surface area (Å²) in [5.74, 6) is -0.753. The Labute approximate surface area is 188 Å². The summed E-state index contributed by atoms with van der Waals surface area (Å²) < 4.78 is 18.3. The van der Waals surface area contributed by atoms with Crippen LogP contribution in [0, 0.1) is 5.82 Å². The molecule has 0 radical (unpaired) electrons. The summed E-state index contributed by atoms with van der Waals surface area (Å²) in [4.78, 5) is 42.5. The number of hydrogen-bond acceptors (Lipinski definition) is 5. The van der Waals surface area contributed by atoms with E-state index in [1.807, 2.05) is 17.5 Å². The highest BCUT2D eigenvalue weighted by Crippen LogP contribution is 2.30. The smallest absolute Gasteiger partial charge is 0.332 e. The summed E-state index contributed by atoms with van der Waals surface area (Å²) >= 11 is 1.46. The molecule has 0 aliphatic carbocycles. The Balaban J connectivity index is 1.57. The number of urea groups is 1. The van der Waals surface area contributed by atoms with E-state index in [2.05, 4.69) is 5.32 Å². The van der Waals surface area contributed by atoms with E-state index in [0.717, 1.165) is 9.78 Å². The number of nitrogens with zero attached hydrogens (tertiary/aromatic N) is 2. The standard InChI is InChI=1S/C23H20FN3O4S/c1-31-18-10-8-17(9-11-18)27-22(29)20(26(23(27)30)14-19-3-2-12-32-19)13-21(28)25-16-6-4-15(24)5-7-16/h2-12,20H,13-14H2,1H3,(H,25,28)/t20-/m1/s1. The van der Waals surface area contributed by atoms with E-state index in [1.165, 1.54) is 47.6 Å². The van der Waals surface area contributed by atoms with Gasteiger partial charge in [0.15, 0.2) is 0 Å². The van der Waals surface area contributed by atoms with Crippen LogP contribution in [0.3, 0.4) is 0 Å². The quantitative estimate of drug-likeness (QED) is 0.542. The van der Waals surface area contributed by atoms with Gasteiger partial charge in [-0.3, -0.25) is 9.59 Å². The number of anilines is 2. The molecule has 4 amide bonds. The van der Waals surface area contributed by atoms with Crippen molar-refractivity contribution in [3.05, 3.63) is 76.7 Å². The van der Waals surface area contributed by atoms with E-state index in [-0.39, 0.29) is 13.0 Å². The van der Waals surface area contributed by atoms with Gasteiger partial charge >= 0.3 is 6.03 Å². The maximum absolute atomic E-state index is 13.2. The number of thiophene rings is 1. The van der Waals surface area contributed by atoms with E-state index in [0.29, 0.717) is 17.1 Å². The van der Waals surface area contributed by atoms with Crippen LogP contribution in [0.25, 0.3) is 0 Å². The molecule has 2 aromatic carbocycles. The molecule has 1 aliphatic rings. The Bertz CT molecular complexity index is 1120. The van der Waals surface area contributed by atoms with Crippen LogP contribution in [0.4, 0.5) is 20.6 Å². The van der Waals surface area contributed by atoms with Gasteiger partial charge in [0, 0.05) is 10.6 Å². The van der Waals surface area contributed by atoms with Crippen molar-refractivity contribution >= 4 is 40.6 Å². The molecule has 1 atom stereocenters. The number of imide groups is 1. The Morgan fingerprint density at radius 1 is 1.09 bits per heavy atom. The van der Waals surface area contributed by atoms with Crippen molar-refractivity contribution in [1.29, 1.82) is 0 Å². The fraction of sp³-hybridized carbons (Fsp3) is 0.174. The van der Waals surface area contributed by atoms with Crippen molar-refractivity contribution in [2.45, 2.75) is 19.0 Å². The van der Waals surface area contributed by atoms with Gasteiger partial charge in [-0.15, -0.1) is 11.3 Å². The Hall–Kier alpha value is -3.72. The molecule has 0 spiro atoms. The minimum atomic E-state index is -0.966. The normalized spacial score (nSPS) is 15.9. The monoisotopic (exact) mass is 453 g/mol. The summed E-state index contributed by atoms with van der Waals surface area (Å²) in [5, 5.41) is 4.54. The van der Waals surface area contributed by atoms with Crippen LogP contribution in [-0.2, 0) is 16.1 Å². The first-order valence-corrected chi connectivity index (χ1v) is 10.7. The Kier molecular flexibility index (Phi) is 6.18. The number of carbonyl (C=O) groups excluding carboxylic acids is 3. The maximum atomic E-state index is 13.2. The number of carbonyl (C=O) groups is 3. The molecule has 3 aromatic rings. The summed E-state index contributed by atoms with van der Waals surface area (Å²) in [6.07, 6.45) is -0.222. The predicted octanol–water partition coefficient (Wildman–Crippen LogP) is 4.26. The van der Waals surface area contributed by atoms with Gasteiger partial charge < -0.3 is 15.0 Å². The van der Waals surface area contributed by atoms with E-state index in [1.54, 1.807) is 24.3 Å². The second-order valence-electron chi connectivity index (χ2n) is 7.14. The summed E-state index contributed by atoms with van der Waals surface area (Å²) in [5.41, 5.74) is 0.809. The molecule has 0 unspecified atom stereocenters. The van der Waals surface area contributed by atoms with E-state index >= 15 is 0 Å². The van der Waals surface area contributed by atoms with Gasteiger partial charge in [0.2, 0.25) is 5.91 Å². The molecule has 0 saturated carbocycles. The van der Waals surface area contributed by atoms with Crippen molar-refractivity contribution in [3.63, 3.8) is 0 Å². The number of amides is 4. The van der Waals surface area contributed by atoms with Crippen molar-refractivity contribution < 1.29 is 23.5 Å². The van der Waals surface area contributed by atoms with Crippen molar-refractivity contribution in [2.24, 2.45) is 0 Å². The van der Waals surface area contributed by atoms with Crippen LogP contribution in [-0.4, -0.2) is 35.9 Å². The van der Waals surface area contributed by atoms with Crippen LogP contribution in [0.1, 0.15) is 11.3 Å². The number of nitrogens with one attached hydrogen (secondary N) is 1. The number of hydrogen-bond donors (Lipinski definition) is 1. The number of ether oxygens (including phenoxy) is 1. The summed E-state index contributed by atoms with van der Waals surface area (Å²) in [6, 6.07) is 14.2. The van der Waals surface area contributed by atoms with Gasteiger partial charge in [-0.05, 0) is 60.0 Å². The van der Waals surface area contributed by atoms with Gasteiger partial charge in [0.05, 0.1) is 25.8 Å². The van der Waals surface area contributed by atoms with E-state index in [4.69, 9.17) is 4.74 Å². The average Bonchev–Trinajstić information content (AvgIpc) is 3.38. The largest absolute Gasteiger partial charge is 0.497 e. The molecular formula is C23H20FN3O4S. The molecule has 1 saturated heterocycles. The molecular weight excluding hydrogens is 433 g/mol. The third-order valence-corrected chi connectivity index (χ3v) is 5.92. The highest BCUT2D eigenvalue weighted by atomic mass is 32.1. The Morgan fingerprint density at radius 2 is 1.81 bits per heavy atom.